The van der Waals surface area contributed by atoms with Gasteiger partial charge in [0.15, 0.2) is 0 Å². The monoisotopic (exact) mass is 441 g/mol. The third kappa shape index (κ3) is 4.47. The molecule has 1 fully saturated rings. The van der Waals surface area contributed by atoms with Gasteiger partial charge < -0.3 is 15.1 Å². The Morgan fingerprint density at radius 1 is 0.909 bits per heavy atom. The first-order valence-electron chi connectivity index (χ1n) is 11.5. The molecule has 4 aromatic rings. The molecule has 0 bridgehead atoms. The van der Waals surface area contributed by atoms with Crippen LogP contribution in [0.4, 0.5) is 5.82 Å². The first-order chi connectivity index (χ1) is 16.1. The van der Waals surface area contributed by atoms with Gasteiger partial charge in [-0.3, -0.25) is 5.10 Å². The molecule has 170 valence electrons. The fourth-order valence-electron chi connectivity index (χ4n) is 4.63. The van der Waals surface area contributed by atoms with Crippen LogP contribution in [0.3, 0.4) is 0 Å². The summed E-state index contributed by atoms with van der Waals surface area (Å²) in [7, 11) is 6.33. The highest BCUT2D eigenvalue weighted by Crippen LogP contribution is 2.37. The molecule has 1 unspecified atom stereocenters. The molecule has 0 radical (unpaired) electrons. The van der Waals surface area contributed by atoms with Crippen molar-refractivity contribution in [2.24, 2.45) is 0 Å². The minimum absolute atomic E-state index is 0.242. The summed E-state index contributed by atoms with van der Waals surface area (Å²) < 4.78 is 0. The molecule has 0 amide bonds. The summed E-state index contributed by atoms with van der Waals surface area (Å²) in [6.07, 6.45) is 3.76. The topological polar surface area (TPSA) is 73.0 Å². The van der Waals surface area contributed by atoms with Crippen LogP contribution in [0, 0.1) is 0 Å². The highest BCUT2D eigenvalue weighted by Gasteiger charge is 2.32. The molecule has 1 aliphatic rings. The van der Waals surface area contributed by atoms with Gasteiger partial charge in [-0.25, -0.2) is 9.97 Å². The fourth-order valence-corrected chi connectivity index (χ4v) is 4.63. The number of hydrogen-bond acceptors (Lipinski definition) is 6. The average molecular weight is 442 g/mol. The van der Waals surface area contributed by atoms with Crippen molar-refractivity contribution >= 4 is 16.7 Å². The van der Waals surface area contributed by atoms with Crippen LogP contribution in [-0.2, 0) is 0 Å². The lowest BCUT2D eigenvalue weighted by atomic mass is 9.88. The Morgan fingerprint density at radius 3 is 2.48 bits per heavy atom. The Balaban J connectivity index is 1.59. The van der Waals surface area contributed by atoms with Crippen molar-refractivity contribution in [3.8, 4) is 11.1 Å². The number of hydrogen-bond donors (Lipinski definition) is 2. The minimum Gasteiger partial charge on any atom is -0.358 e. The first-order valence-corrected chi connectivity index (χ1v) is 11.5. The van der Waals surface area contributed by atoms with Crippen LogP contribution in [0.5, 0.6) is 0 Å². The predicted octanol–water partition coefficient (Wildman–Crippen LogP) is 3.49. The zero-order valence-electron chi connectivity index (χ0n) is 19.5. The van der Waals surface area contributed by atoms with Crippen molar-refractivity contribution in [1.82, 2.24) is 30.4 Å². The zero-order chi connectivity index (χ0) is 22.8. The Morgan fingerprint density at radius 2 is 1.73 bits per heavy atom. The van der Waals surface area contributed by atoms with Gasteiger partial charge in [0.05, 0.1) is 11.7 Å². The summed E-state index contributed by atoms with van der Waals surface area (Å²) in [5.41, 5.74) is 4.50. The van der Waals surface area contributed by atoms with Gasteiger partial charge >= 0.3 is 0 Å². The predicted molar refractivity (Wildman–Crippen MR) is 134 cm³/mol. The lowest BCUT2D eigenvalue weighted by molar-refractivity contribution is 0.416. The molecule has 2 atom stereocenters. The molecule has 7 nitrogen and oxygen atoms in total. The standard InChI is InChI=1S/C26H31N7/c1-32(2)11-12-33(3)26-21-13-19(20-14-28-29-15-20)9-10-24(21)30-25(31-26)23-17-27-16-22(23)18-7-5-4-6-8-18/h4-10,13-15,22-23,27H,11-12,16-17H2,1-3H3,(H,28,29)/t22?,23-/m1/s1. The van der Waals surface area contributed by atoms with E-state index in [0.29, 0.717) is 5.92 Å². The van der Waals surface area contributed by atoms with E-state index in [0.717, 1.165) is 59.9 Å². The Bertz CT molecular complexity index is 1200. The van der Waals surface area contributed by atoms with Crippen LogP contribution in [0.2, 0.25) is 0 Å². The lowest BCUT2D eigenvalue weighted by Gasteiger charge is -2.24. The lowest BCUT2D eigenvalue weighted by Crippen LogP contribution is -2.29. The summed E-state index contributed by atoms with van der Waals surface area (Å²) in [5, 5.41) is 11.7. The maximum Gasteiger partial charge on any atom is 0.140 e. The van der Waals surface area contributed by atoms with Crippen molar-refractivity contribution in [2.45, 2.75) is 11.8 Å². The second-order valence-corrected chi connectivity index (χ2v) is 9.13. The molecule has 0 saturated carbocycles. The molecule has 33 heavy (non-hydrogen) atoms. The number of anilines is 1. The van der Waals surface area contributed by atoms with Gasteiger partial charge in [-0.05, 0) is 37.4 Å². The number of benzene rings is 2. The summed E-state index contributed by atoms with van der Waals surface area (Å²) in [5.74, 6) is 2.52. The number of aromatic amines is 1. The van der Waals surface area contributed by atoms with Gasteiger partial charge in [0.1, 0.15) is 11.6 Å². The van der Waals surface area contributed by atoms with Crippen LogP contribution < -0.4 is 10.2 Å². The van der Waals surface area contributed by atoms with Crippen molar-refractivity contribution in [1.29, 1.82) is 0 Å². The summed E-state index contributed by atoms with van der Waals surface area (Å²) in [6, 6.07) is 17.2. The van der Waals surface area contributed by atoms with E-state index < -0.39 is 0 Å². The summed E-state index contributed by atoms with van der Waals surface area (Å²) >= 11 is 0. The van der Waals surface area contributed by atoms with Crippen LogP contribution in [-0.4, -0.2) is 72.4 Å². The van der Waals surface area contributed by atoms with Crippen molar-refractivity contribution in [3.63, 3.8) is 0 Å². The van der Waals surface area contributed by atoms with E-state index in [1.807, 2.05) is 12.4 Å². The molecule has 1 saturated heterocycles. The molecule has 7 heteroatoms. The van der Waals surface area contributed by atoms with Gasteiger partial charge in [-0.1, -0.05) is 36.4 Å². The normalized spacial score (nSPS) is 18.3. The first kappa shape index (κ1) is 21.6. The summed E-state index contributed by atoms with van der Waals surface area (Å²) in [6.45, 7) is 3.68. The van der Waals surface area contributed by atoms with Gasteiger partial charge in [-0.2, -0.15) is 5.10 Å². The Labute approximate surface area is 194 Å². The third-order valence-electron chi connectivity index (χ3n) is 6.54. The number of nitrogens with one attached hydrogen (secondary N) is 2. The van der Waals surface area contributed by atoms with E-state index >= 15 is 0 Å². The van der Waals surface area contributed by atoms with E-state index in [2.05, 4.69) is 95.0 Å². The molecule has 2 aromatic carbocycles. The number of rotatable bonds is 7. The number of nitrogens with zero attached hydrogens (tertiary/aromatic N) is 5. The molecule has 2 N–H and O–H groups in total. The summed E-state index contributed by atoms with van der Waals surface area (Å²) in [4.78, 5) is 14.7. The maximum absolute atomic E-state index is 5.19. The van der Waals surface area contributed by atoms with Crippen molar-refractivity contribution in [3.05, 3.63) is 72.3 Å². The molecule has 0 spiro atoms. The van der Waals surface area contributed by atoms with Gasteiger partial charge in [0.25, 0.3) is 0 Å². The van der Waals surface area contributed by atoms with Crippen molar-refractivity contribution in [2.75, 3.05) is 52.2 Å². The van der Waals surface area contributed by atoms with Gasteiger partial charge in [0, 0.05) is 62.2 Å². The number of likely N-dealkylation sites (N-methyl/N-ethyl adjacent to an activating group) is 2. The smallest absolute Gasteiger partial charge is 0.140 e. The second-order valence-electron chi connectivity index (χ2n) is 9.13. The van der Waals surface area contributed by atoms with Crippen LogP contribution in [0.1, 0.15) is 23.2 Å². The van der Waals surface area contributed by atoms with E-state index in [1.54, 1.807) is 0 Å². The Hall–Kier alpha value is -3.29. The van der Waals surface area contributed by atoms with Gasteiger partial charge in [-0.15, -0.1) is 0 Å². The highest BCUT2D eigenvalue weighted by atomic mass is 15.2. The van der Waals surface area contributed by atoms with E-state index in [4.69, 9.17) is 9.97 Å². The molecule has 0 aliphatic carbocycles. The second kappa shape index (κ2) is 9.29. The maximum atomic E-state index is 5.19. The van der Waals surface area contributed by atoms with E-state index in [-0.39, 0.29) is 5.92 Å². The minimum atomic E-state index is 0.242. The van der Waals surface area contributed by atoms with Crippen LogP contribution in [0.15, 0.2) is 60.9 Å². The number of aromatic nitrogens is 4. The molecule has 2 aromatic heterocycles. The fraction of sp³-hybridized carbons (Fsp3) is 0.346. The molecule has 1 aliphatic heterocycles. The molecule has 3 heterocycles. The number of fused-ring (bicyclic) bond motifs is 1. The SMILES string of the molecule is CN(C)CCN(C)c1nc([C@@H]2CNCC2c2ccccc2)nc2ccc(-c3cn[nH]c3)cc12. The highest BCUT2D eigenvalue weighted by molar-refractivity contribution is 5.93. The van der Waals surface area contributed by atoms with E-state index in [9.17, 15) is 0 Å². The van der Waals surface area contributed by atoms with Crippen molar-refractivity contribution < 1.29 is 0 Å². The molecule has 5 rings (SSSR count). The van der Waals surface area contributed by atoms with Gasteiger partial charge in [0.2, 0.25) is 0 Å². The van der Waals surface area contributed by atoms with Crippen LogP contribution in [0.25, 0.3) is 22.0 Å². The van der Waals surface area contributed by atoms with Crippen LogP contribution >= 0.6 is 0 Å². The zero-order valence-corrected chi connectivity index (χ0v) is 19.5. The Kier molecular flexibility index (Phi) is 6.07. The molecular weight excluding hydrogens is 410 g/mol. The largest absolute Gasteiger partial charge is 0.358 e. The number of H-pyrrole nitrogens is 1. The molecular formula is C26H31N7. The van der Waals surface area contributed by atoms with E-state index in [1.165, 1.54) is 5.56 Å². The quantitative estimate of drug-likeness (QED) is 0.457. The third-order valence-corrected chi connectivity index (χ3v) is 6.54. The average Bonchev–Trinajstić information content (AvgIpc) is 3.55.